The second-order valence-electron chi connectivity index (χ2n) is 6.07. The molecule has 0 saturated heterocycles. The van der Waals surface area contributed by atoms with Gasteiger partial charge in [0.1, 0.15) is 5.82 Å². The number of benzene rings is 2. The van der Waals surface area contributed by atoms with Crippen LogP contribution in [0.5, 0.6) is 0 Å². The third-order valence-corrected chi connectivity index (χ3v) is 4.72. The Labute approximate surface area is 191 Å². The molecule has 2 aromatic carbocycles. The molecule has 0 aliphatic rings. The first kappa shape index (κ1) is 24.4. The lowest BCUT2D eigenvalue weighted by Crippen LogP contribution is -2.42. The summed E-state index contributed by atoms with van der Waals surface area (Å²) in [7, 11) is 3.69. The van der Waals surface area contributed by atoms with E-state index in [0.717, 1.165) is 21.6 Å². The minimum atomic E-state index is -0.304. The van der Waals surface area contributed by atoms with E-state index in [1.807, 2.05) is 30.1 Å². The van der Waals surface area contributed by atoms with Gasteiger partial charge < -0.3 is 15.5 Å². The second kappa shape index (κ2) is 12.7. The molecule has 0 heterocycles. The fourth-order valence-electron chi connectivity index (χ4n) is 2.57. The summed E-state index contributed by atoms with van der Waals surface area (Å²) in [6.07, 6.45) is 0.233. The predicted octanol–water partition coefficient (Wildman–Crippen LogP) is 3.57. The lowest BCUT2D eigenvalue weighted by molar-refractivity contribution is -0.120. The molecular weight excluding hydrogens is 538 g/mol. The fraction of sp³-hybridized carbons (Fsp3) is 0.300. The van der Waals surface area contributed by atoms with Gasteiger partial charge in [-0.25, -0.2) is 4.39 Å². The quantitative estimate of drug-likeness (QED) is 0.235. The van der Waals surface area contributed by atoms with Crippen LogP contribution in [0.15, 0.2) is 58.0 Å². The molecule has 0 spiro atoms. The molecule has 28 heavy (non-hydrogen) atoms. The molecule has 0 aliphatic heterocycles. The van der Waals surface area contributed by atoms with Crippen LogP contribution in [0.3, 0.4) is 0 Å². The van der Waals surface area contributed by atoms with Crippen molar-refractivity contribution >= 4 is 51.8 Å². The van der Waals surface area contributed by atoms with Gasteiger partial charge in [0.05, 0.1) is 6.42 Å². The van der Waals surface area contributed by atoms with Gasteiger partial charge in [-0.2, -0.15) is 0 Å². The smallest absolute Gasteiger partial charge is 0.224 e. The van der Waals surface area contributed by atoms with Crippen molar-refractivity contribution in [3.8, 4) is 0 Å². The Hall–Kier alpha value is -1.68. The van der Waals surface area contributed by atoms with Crippen molar-refractivity contribution in [2.24, 2.45) is 4.99 Å². The van der Waals surface area contributed by atoms with Crippen LogP contribution in [0.2, 0.25) is 0 Å². The minimum Gasteiger partial charge on any atom is -0.354 e. The standard InChI is InChI=1S/C20H24BrFN4O.HI/c1-23-20(26(2)14-16-5-3-4-6-18(16)21)25-12-11-24-19(27)13-15-7-9-17(22)10-8-15;/h3-10H,11-14H2,1-2H3,(H,23,25)(H,24,27);1H. The van der Waals surface area contributed by atoms with Gasteiger partial charge in [0.25, 0.3) is 0 Å². The highest BCUT2D eigenvalue weighted by Crippen LogP contribution is 2.17. The third-order valence-electron chi connectivity index (χ3n) is 3.95. The molecule has 0 fully saturated rings. The minimum absolute atomic E-state index is 0. The molecule has 2 aromatic rings. The van der Waals surface area contributed by atoms with Gasteiger partial charge >= 0.3 is 0 Å². The number of rotatable bonds is 7. The number of halogens is 3. The number of carbonyl (C=O) groups is 1. The third kappa shape index (κ3) is 8.14. The number of hydrogen-bond donors (Lipinski definition) is 2. The van der Waals surface area contributed by atoms with E-state index < -0.39 is 0 Å². The molecule has 8 heteroatoms. The number of hydrogen-bond acceptors (Lipinski definition) is 2. The average Bonchev–Trinajstić information content (AvgIpc) is 2.65. The predicted molar refractivity (Wildman–Crippen MR) is 125 cm³/mol. The SMILES string of the molecule is CN=C(NCCNC(=O)Cc1ccc(F)cc1)N(C)Cc1ccccc1Br.I. The highest BCUT2D eigenvalue weighted by molar-refractivity contribution is 14.0. The van der Waals surface area contributed by atoms with Crippen molar-refractivity contribution < 1.29 is 9.18 Å². The van der Waals surface area contributed by atoms with Gasteiger partial charge in [-0.1, -0.05) is 46.3 Å². The summed E-state index contributed by atoms with van der Waals surface area (Å²) in [6.45, 7) is 1.74. The van der Waals surface area contributed by atoms with Gasteiger partial charge in [-0.15, -0.1) is 24.0 Å². The van der Waals surface area contributed by atoms with Crippen molar-refractivity contribution in [3.63, 3.8) is 0 Å². The van der Waals surface area contributed by atoms with Gasteiger partial charge in [0.2, 0.25) is 5.91 Å². The fourth-order valence-corrected chi connectivity index (χ4v) is 2.98. The van der Waals surface area contributed by atoms with Gasteiger partial charge in [-0.05, 0) is 29.3 Å². The Morgan fingerprint density at radius 2 is 1.75 bits per heavy atom. The maximum atomic E-state index is 12.9. The van der Waals surface area contributed by atoms with Crippen molar-refractivity contribution in [1.29, 1.82) is 0 Å². The highest BCUT2D eigenvalue weighted by Gasteiger charge is 2.08. The molecule has 0 radical (unpaired) electrons. The summed E-state index contributed by atoms with van der Waals surface area (Å²) in [5.41, 5.74) is 1.95. The monoisotopic (exact) mass is 562 g/mol. The van der Waals surface area contributed by atoms with Crippen LogP contribution < -0.4 is 10.6 Å². The van der Waals surface area contributed by atoms with Crippen LogP contribution >= 0.6 is 39.9 Å². The lowest BCUT2D eigenvalue weighted by Gasteiger charge is -2.22. The summed E-state index contributed by atoms with van der Waals surface area (Å²) in [4.78, 5) is 18.2. The van der Waals surface area contributed by atoms with Gasteiger partial charge in [-0.3, -0.25) is 9.79 Å². The molecule has 152 valence electrons. The van der Waals surface area contributed by atoms with E-state index in [1.165, 1.54) is 12.1 Å². The Balaban J connectivity index is 0.00000392. The van der Waals surface area contributed by atoms with Crippen LogP contribution in [0, 0.1) is 5.82 Å². The maximum absolute atomic E-state index is 12.9. The number of nitrogens with zero attached hydrogens (tertiary/aromatic N) is 2. The van der Waals surface area contributed by atoms with Crippen LogP contribution in [0.4, 0.5) is 4.39 Å². The summed E-state index contributed by atoms with van der Waals surface area (Å²) < 4.78 is 13.9. The maximum Gasteiger partial charge on any atom is 0.224 e. The van der Waals surface area contributed by atoms with Crippen LogP contribution in [-0.2, 0) is 17.8 Å². The number of carbonyl (C=O) groups excluding carboxylic acids is 1. The Morgan fingerprint density at radius 3 is 2.39 bits per heavy atom. The Morgan fingerprint density at radius 1 is 1.11 bits per heavy atom. The van der Waals surface area contributed by atoms with E-state index in [1.54, 1.807) is 19.2 Å². The average molecular weight is 563 g/mol. The van der Waals surface area contributed by atoms with Crippen molar-refractivity contribution in [3.05, 3.63) is 69.9 Å². The molecule has 0 aliphatic carbocycles. The zero-order chi connectivity index (χ0) is 19.6. The first-order valence-corrected chi connectivity index (χ1v) is 9.45. The van der Waals surface area contributed by atoms with E-state index in [4.69, 9.17) is 0 Å². The number of aliphatic imine (C=N–C) groups is 1. The molecule has 2 N–H and O–H groups in total. The van der Waals surface area contributed by atoms with E-state index in [2.05, 4.69) is 37.6 Å². The van der Waals surface area contributed by atoms with Crippen molar-refractivity contribution in [2.45, 2.75) is 13.0 Å². The van der Waals surface area contributed by atoms with Gasteiger partial charge in [0.15, 0.2) is 5.96 Å². The molecule has 0 unspecified atom stereocenters. The lowest BCUT2D eigenvalue weighted by atomic mass is 10.1. The van der Waals surface area contributed by atoms with Crippen molar-refractivity contribution in [2.75, 3.05) is 27.2 Å². The molecule has 0 aromatic heterocycles. The second-order valence-corrected chi connectivity index (χ2v) is 6.93. The topological polar surface area (TPSA) is 56.7 Å². The summed E-state index contributed by atoms with van der Waals surface area (Å²) in [6, 6.07) is 14.0. The molecule has 0 saturated carbocycles. The van der Waals surface area contributed by atoms with E-state index in [-0.39, 0.29) is 42.1 Å². The normalized spacial score (nSPS) is 10.8. The number of nitrogens with one attached hydrogen (secondary N) is 2. The molecular formula is C20H25BrFIN4O. The first-order chi connectivity index (χ1) is 13.0. The summed E-state index contributed by atoms with van der Waals surface area (Å²) in [5.74, 6) is 0.347. The van der Waals surface area contributed by atoms with E-state index >= 15 is 0 Å². The number of amides is 1. The van der Waals surface area contributed by atoms with Gasteiger partial charge in [0, 0.05) is 38.2 Å². The number of guanidine groups is 1. The Bertz CT molecular complexity index is 786. The van der Waals surface area contributed by atoms with E-state index in [9.17, 15) is 9.18 Å². The molecule has 0 atom stereocenters. The first-order valence-electron chi connectivity index (χ1n) is 8.66. The van der Waals surface area contributed by atoms with Crippen LogP contribution in [0.25, 0.3) is 0 Å². The zero-order valence-corrected chi connectivity index (χ0v) is 19.8. The van der Waals surface area contributed by atoms with Crippen molar-refractivity contribution in [1.82, 2.24) is 15.5 Å². The summed E-state index contributed by atoms with van der Waals surface area (Å²) in [5, 5.41) is 6.08. The van der Waals surface area contributed by atoms with Crippen LogP contribution in [0.1, 0.15) is 11.1 Å². The van der Waals surface area contributed by atoms with Crippen LogP contribution in [-0.4, -0.2) is 44.0 Å². The van der Waals surface area contributed by atoms with E-state index in [0.29, 0.717) is 19.6 Å². The molecule has 0 bridgehead atoms. The molecule has 5 nitrogen and oxygen atoms in total. The molecule has 1 amide bonds. The largest absolute Gasteiger partial charge is 0.354 e. The summed E-state index contributed by atoms with van der Waals surface area (Å²) >= 11 is 3.55. The highest BCUT2D eigenvalue weighted by atomic mass is 127. The molecule has 2 rings (SSSR count). The zero-order valence-electron chi connectivity index (χ0n) is 15.9. The Kier molecular flexibility index (Phi) is 11.1.